The summed E-state index contributed by atoms with van der Waals surface area (Å²) in [6, 6.07) is 13.1. The van der Waals surface area contributed by atoms with E-state index in [4.69, 9.17) is 11.6 Å². The molecule has 0 radical (unpaired) electrons. The molecule has 1 heterocycles. The summed E-state index contributed by atoms with van der Waals surface area (Å²) < 4.78 is 13.1. The van der Waals surface area contributed by atoms with Gasteiger partial charge >= 0.3 is 0 Å². The fraction of sp³-hybridized carbons (Fsp3) is 0.158. The van der Waals surface area contributed by atoms with Crippen LogP contribution >= 0.6 is 11.6 Å². The molecule has 1 aliphatic rings. The van der Waals surface area contributed by atoms with Gasteiger partial charge in [0.2, 0.25) is 11.8 Å². The monoisotopic (exact) mass is 358 g/mol. The zero-order valence-corrected chi connectivity index (χ0v) is 14.0. The van der Waals surface area contributed by atoms with Crippen molar-refractivity contribution in [2.45, 2.75) is 18.9 Å². The highest BCUT2D eigenvalue weighted by atomic mass is 35.5. The average molecular weight is 359 g/mol. The van der Waals surface area contributed by atoms with E-state index in [1.807, 2.05) is 18.2 Å². The van der Waals surface area contributed by atoms with Gasteiger partial charge in [-0.05, 0) is 29.3 Å². The smallest absolute Gasteiger partial charge is 0.249 e. The maximum absolute atomic E-state index is 13.1. The van der Waals surface area contributed by atoms with Gasteiger partial charge in [-0.2, -0.15) is 0 Å². The molecule has 0 aromatic heterocycles. The Labute approximate surface area is 149 Å². The molecule has 2 amide bonds. The van der Waals surface area contributed by atoms with Crippen molar-refractivity contribution in [3.8, 4) is 0 Å². The second-order valence-electron chi connectivity index (χ2n) is 5.75. The van der Waals surface area contributed by atoms with Crippen LogP contribution < -0.4 is 10.6 Å². The molecule has 2 aromatic rings. The molecule has 128 valence electrons. The van der Waals surface area contributed by atoms with Crippen LogP contribution in [-0.4, -0.2) is 11.8 Å². The molecule has 0 spiro atoms. The highest BCUT2D eigenvalue weighted by molar-refractivity contribution is 6.31. The largest absolute Gasteiger partial charge is 0.348 e. The Morgan fingerprint density at radius 2 is 1.92 bits per heavy atom. The summed E-state index contributed by atoms with van der Waals surface area (Å²) in [4.78, 5) is 24.3. The lowest BCUT2D eigenvalue weighted by Gasteiger charge is -2.24. The van der Waals surface area contributed by atoms with E-state index in [9.17, 15) is 14.0 Å². The number of carbonyl (C=O) groups excluding carboxylic acids is 2. The molecule has 2 aromatic carbocycles. The van der Waals surface area contributed by atoms with Gasteiger partial charge in [0.25, 0.3) is 0 Å². The van der Waals surface area contributed by atoms with Crippen molar-refractivity contribution in [1.29, 1.82) is 0 Å². The first-order chi connectivity index (χ1) is 12.0. The highest BCUT2D eigenvalue weighted by Crippen LogP contribution is 2.30. The van der Waals surface area contributed by atoms with Gasteiger partial charge in [-0.3, -0.25) is 9.59 Å². The van der Waals surface area contributed by atoms with Crippen molar-refractivity contribution in [3.05, 3.63) is 82.3 Å². The van der Waals surface area contributed by atoms with E-state index in [-0.39, 0.29) is 30.6 Å². The Morgan fingerprint density at radius 3 is 2.64 bits per heavy atom. The molecule has 4 nitrogen and oxygen atoms in total. The van der Waals surface area contributed by atoms with Gasteiger partial charge in [-0.1, -0.05) is 41.9 Å². The number of halogens is 2. The molecule has 1 aliphatic heterocycles. The Morgan fingerprint density at radius 1 is 1.20 bits per heavy atom. The standard InChI is InChI=1S/C19H16ClFN2O2/c20-17-4-2-1-3-13(17)10-23-19(25)16-11-22-18(24)9-15(16)12-5-7-14(21)8-6-12/h1-8,11,15H,9-10H2,(H,22,24)(H,23,25)/t15-/m0/s1. The molecule has 0 saturated heterocycles. The van der Waals surface area contributed by atoms with Crippen LogP contribution in [0, 0.1) is 5.82 Å². The third kappa shape index (κ3) is 4.06. The molecule has 2 N–H and O–H groups in total. The summed E-state index contributed by atoms with van der Waals surface area (Å²) in [7, 11) is 0. The van der Waals surface area contributed by atoms with Crippen molar-refractivity contribution in [3.63, 3.8) is 0 Å². The van der Waals surface area contributed by atoms with Gasteiger partial charge in [0.05, 0.1) is 0 Å². The maximum Gasteiger partial charge on any atom is 0.249 e. The van der Waals surface area contributed by atoms with Crippen molar-refractivity contribution in [1.82, 2.24) is 10.6 Å². The van der Waals surface area contributed by atoms with E-state index in [2.05, 4.69) is 10.6 Å². The number of hydrogen-bond donors (Lipinski definition) is 2. The van der Waals surface area contributed by atoms with E-state index in [0.29, 0.717) is 10.6 Å². The lowest BCUT2D eigenvalue weighted by molar-refractivity contribution is -0.121. The molecule has 25 heavy (non-hydrogen) atoms. The van der Waals surface area contributed by atoms with Crippen LogP contribution in [0.1, 0.15) is 23.5 Å². The Bertz CT molecular complexity index is 834. The highest BCUT2D eigenvalue weighted by Gasteiger charge is 2.28. The third-order valence-corrected chi connectivity index (χ3v) is 4.45. The zero-order valence-electron chi connectivity index (χ0n) is 13.3. The van der Waals surface area contributed by atoms with Crippen LogP contribution in [0.15, 0.2) is 60.3 Å². The Kier molecular flexibility index (Phi) is 5.14. The first-order valence-electron chi connectivity index (χ1n) is 7.81. The van der Waals surface area contributed by atoms with E-state index < -0.39 is 5.92 Å². The van der Waals surface area contributed by atoms with Gasteiger partial charge in [-0.25, -0.2) is 4.39 Å². The fourth-order valence-electron chi connectivity index (χ4n) is 2.75. The summed E-state index contributed by atoms with van der Waals surface area (Å²) >= 11 is 6.09. The molecule has 0 bridgehead atoms. The number of carbonyl (C=O) groups is 2. The summed E-state index contributed by atoms with van der Waals surface area (Å²) in [6.45, 7) is 0.278. The summed E-state index contributed by atoms with van der Waals surface area (Å²) in [5.74, 6) is -1.26. The van der Waals surface area contributed by atoms with E-state index in [0.717, 1.165) is 11.1 Å². The van der Waals surface area contributed by atoms with Gasteiger partial charge in [0, 0.05) is 35.7 Å². The minimum Gasteiger partial charge on any atom is -0.348 e. The lowest BCUT2D eigenvalue weighted by atomic mass is 9.86. The SMILES string of the molecule is O=C1C[C@@H](c2ccc(F)cc2)C(C(=O)NCc2ccccc2Cl)=CN1. The minimum atomic E-state index is -0.416. The molecule has 0 unspecified atom stereocenters. The predicted octanol–water partition coefficient (Wildman–Crippen LogP) is 3.28. The van der Waals surface area contributed by atoms with Crippen molar-refractivity contribution < 1.29 is 14.0 Å². The van der Waals surface area contributed by atoms with Crippen LogP contribution in [0.5, 0.6) is 0 Å². The molecule has 0 fully saturated rings. The second kappa shape index (κ2) is 7.49. The topological polar surface area (TPSA) is 58.2 Å². The van der Waals surface area contributed by atoms with E-state index >= 15 is 0 Å². The Balaban J connectivity index is 1.78. The molecule has 1 atom stereocenters. The third-order valence-electron chi connectivity index (χ3n) is 4.09. The molecular weight excluding hydrogens is 343 g/mol. The molecule has 6 heteroatoms. The van der Waals surface area contributed by atoms with E-state index in [1.165, 1.54) is 18.3 Å². The second-order valence-corrected chi connectivity index (χ2v) is 6.16. The van der Waals surface area contributed by atoms with Crippen LogP contribution in [0.25, 0.3) is 0 Å². The van der Waals surface area contributed by atoms with Crippen molar-refractivity contribution in [2.75, 3.05) is 0 Å². The molecule has 3 rings (SSSR count). The fourth-order valence-corrected chi connectivity index (χ4v) is 2.95. The molecule has 0 saturated carbocycles. The predicted molar refractivity (Wildman–Crippen MR) is 93.3 cm³/mol. The summed E-state index contributed by atoms with van der Waals surface area (Å²) in [5, 5.41) is 5.96. The van der Waals surface area contributed by atoms with Crippen molar-refractivity contribution in [2.24, 2.45) is 0 Å². The van der Waals surface area contributed by atoms with Gasteiger partial charge < -0.3 is 10.6 Å². The van der Waals surface area contributed by atoms with Crippen LogP contribution in [-0.2, 0) is 16.1 Å². The van der Waals surface area contributed by atoms with Gasteiger partial charge in [0.1, 0.15) is 5.82 Å². The van der Waals surface area contributed by atoms with Crippen LogP contribution in [0.3, 0.4) is 0 Å². The summed E-state index contributed by atoms with van der Waals surface area (Å²) in [5.41, 5.74) is 1.95. The quantitative estimate of drug-likeness (QED) is 0.881. The zero-order chi connectivity index (χ0) is 17.8. The van der Waals surface area contributed by atoms with Crippen LogP contribution in [0.2, 0.25) is 5.02 Å². The average Bonchev–Trinajstić information content (AvgIpc) is 2.61. The van der Waals surface area contributed by atoms with Crippen LogP contribution in [0.4, 0.5) is 4.39 Å². The number of hydrogen-bond acceptors (Lipinski definition) is 2. The Hall–Kier alpha value is -2.66. The van der Waals surface area contributed by atoms with Crippen molar-refractivity contribution >= 4 is 23.4 Å². The van der Waals surface area contributed by atoms with E-state index in [1.54, 1.807) is 18.2 Å². The number of benzene rings is 2. The molecular formula is C19H16ClFN2O2. The number of nitrogens with one attached hydrogen (secondary N) is 2. The summed E-state index contributed by atoms with van der Waals surface area (Å²) in [6.07, 6.45) is 1.55. The first-order valence-corrected chi connectivity index (χ1v) is 8.19. The molecule has 0 aliphatic carbocycles. The van der Waals surface area contributed by atoms with Gasteiger partial charge in [0.15, 0.2) is 0 Å². The number of rotatable bonds is 4. The minimum absolute atomic E-state index is 0.136. The first kappa shape index (κ1) is 17.2. The van der Waals surface area contributed by atoms with Gasteiger partial charge in [-0.15, -0.1) is 0 Å². The normalized spacial score (nSPS) is 16.8. The number of amides is 2. The maximum atomic E-state index is 13.1. The lowest BCUT2D eigenvalue weighted by Crippen LogP contribution is -2.34.